The number of hydrogen-bond donors (Lipinski definition) is 3. The molecule has 0 aliphatic carbocycles. The van der Waals surface area contributed by atoms with Crippen molar-refractivity contribution in [2.24, 2.45) is 7.05 Å². The Morgan fingerprint density at radius 3 is 2.76 bits per heavy atom. The summed E-state index contributed by atoms with van der Waals surface area (Å²) in [7, 11) is -0.222. The number of fused-ring (bicyclic) bond motifs is 1. The van der Waals surface area contributed by atoms with Gasteiger partial charge in [-0.25, -0.2) is 4.79 Å². The van der Waals surface area contributed by atoms with Gasteiger partial charge in [0, 0.05) is 18.1 Å². The number of aromatic carboxylic acids is 1. The normalized spacial score (nSPS) is 12.5. The van der Waals surface area contributed by atoms with Gasteiger partial charge in [-0.15, -0.1) is 0 Å². The maximum atomic E-state index is 11.0. The summed E-state index contributed by atoms with van der Waals surface area (Å²) in [5.41, 5.74) is 0.819. The highest BCUT2D eigenvalue weighted by atomic mass is 16.7. The average molecular weight is 290 g/mol. The second kappa shape index (κ2) is 4.79. The fourth-order valence-electron chi connectivity index (χ4n) is 2.30. The first-order chi connectivity index (χ1) is 9.99. The Morgan fingerprint density at radius 2 is 2.14 bits per heavy atom. The summed E-state index contributed by atoms with van der Waals surface area (Å²) in [5.74, 6) is -0.522. The van der Waals surface area contributed by atoms with Crippen LogP contribution < -0.4 is 14.9 Å². The van der Waals surface area contributed by atoms with Gasteiger partial charge in [-0.05, 0) is 18.2 Å². The van der Waals surface area contributed by atoms with Crippen molar-refractivity contribution >= 4 is 18.6 Å². The standard InChI is InChI=1S/C12H11BN2O6/c1-15-8(4-7(14-15)12(16)17)6-2-3-9-11(21-5-20-9)10(6)13(18)19/h2-4,18-19H,5H2,1H3,(H,16,17). The van der Waals surface area contributed by atoms with Crippen LogP contribution in [0.15, 0.2) is 18.2 Å². The van der Waals surface area contributed by atoms with Crippen molar-refractivity contribution < 1.29 is 29.4 Å². The van der Waals surface area contributed by atoms with Gasteiger partial charge in [0.05, 0.1) is 5.69 Å². The molecule has 0 amide bonds. The Bertz CT molecular complexity index is 727. The molecular formula is C12H11BN2O6. The molecule has 9 heteroatoms. The third-order valence-electron chi connectivity index (χ3n) is 3.21. The third-order valence-corrected chi connectivity index (χ3v) is 3.21. The SMILES string of the molecule is Cn1nc(C(=O)O)cc1-c1ccc2c(c1B(O)O)OCO2. The first-order valence-electron chi connectivity index (χ1n) is 6.05. The zero-order valence-corrected chi connectivity index (χ0v) is 11.0. The summed E-state index contributed by atoms with van der Waals surface area (Å²) in [6, 6.07) is 4.58. The van der Waals surface area contributed by atoms with E-state index in [-0.39, 0.29) is 23.7 Å². The number of carboxylic acid groups (broad SMARTS) is 1. The lowest BCUT2D eigenvalue weighted by Gasteiger charge is -2.11. The number of aryl methyl sites for hydroxylation is 1. The van der Waals surface area contributed by atoms with Gasteiger partial charge in [-0.3, -0.25) is 4.68 Å². The molecule has 0 spiro atoms. The van der Waals surface area contributed by atoms with Crippen molar-refractivity contribution in [1.82, 2.24) is 9.78 Å². The van der Waals surface area contributed by atoms with Crippen LogP contribution in [0.4, 0.5) is 0 Å². The number of hydrogen-bond acceptors (Lipinski definition) is 6. The van der Waals surface area contributed by atoms with E-state index in [1.807, 2.05) is 0 Å². The first kappa shape index (κ1) is 13.5. The molecule has 0 bridgehead atoms. The van der Waals surface area contributed by atoms with E-state index >= 15 is 0 Å². The third kappa shape index (κ3) is 2.12. The molecule has 0 unspecified atom stereocenters. The fraction of sp³-hybridized carbons (Fsp3) is 0.167. The maximum Gasteiger partial charge on any atom is 0.493 e. The Kier molecular flexibility index (Phi) is 3.07. The molecule has 0 fully saturated rings. The van der Waals surface area contributed by atoms with Crippen LogP contribution in [0.25, 0.3) is 11.3 Å². The van der Waals surface area contributed by atoms with Gasteiger partial charge in [-0.1, -0.05) is 0 Å². The summed E-state index contributed by atoms with van der Waals surface area (Å²) in [6.45, 7) is -0.00965. The van der Waals surface area contributed by atoms with E-state index in [2.05, 4.69) is 5.10 Å². The Balaban J connectivity index is 2.21. The number of aromatic nitrogens is 2. The van der Waals surface area contributed by atoms with Crippen molar-refractivity contribution in [3.05, 3.63) is 23.9 Å². The smallest absolute Gasteiger partial charge is 0.476 e. The van der Waals surface area contributed by atoms with Crippen LogP contribution in [-0.4, -0.2) is 44.8 Å². The Labute approximate surface area is 119 Å². The van der Waals surface area contributed by atoms with Crippen LogP contribution in [-0.2, 0) is 7.05 Å². The van der Waals surface area contributed by atoms with Gasteiger partial charge < -0.3 is 24.6 Å². The number of carboxylic acids is 1. The molecule has 3 rings (SSSR count). The highest BCUT2D eigenvalue weighted by Crippen LogP contribution is 2.34. The van der Waals surface area contributed by atoms with Crippen molar-refractivity contribution in [2.75, 3.05) is 6.79 Å². The molecular weight excluding hydrogens is 279 g/mol. The zero-order valence-electron chi connectivity index (χ0n) is 11.0. The van der Waals surface area contributed by atoms with Gasteiger partial charge in [0.25, 0.3) is 0 Å². The molecule has 108 valence electrons. The van der Waals surface area contributed by atoms with Crippen LogP contribution in [0.5, 0.6) is 11.5 Å². The maximum absolute atomic E-state index is 11.0. The first-order valence-corrected chi connectivity index (χ1v) is 6.05. The molecule has 0 saturated carbocycles. The summed E-state index contributed by atoms with van der Waals surface area (Å²) < 4.78 is 11.8. The topological polar surface area (TPSA) is 114 Å². The molecule has 0 saturated heterocycles. The quantitative estimate of drug-likeness (QED) is 0.634. The summed E-state index contributed by atoms with van der Waals surface area (Å²) in [4.78, 5) is 11.0. The summed E-state index contributed by atoms with van der Waals surface area (Å²) in [5, 5.41) is 32.1. The largest absolute Gasteiger partial charge is 0.493 e. The number of carbonyl (C=O) groups is 1. The fourth-order valence-corrected chi connectivity index (χ4v) is 2.30. The molecule has 2 aromatic rings. The lowest BCUT2D eigenvalue weighted by Crippen LogP contribution is -2.33. The van der Waals surface area contributed by atoms with Crippen LogP contribution in [0.1, 0.15) is 10.5 Å². The second-order valence-electron chi connectivity index (χ2n) is 4.48. The van der Waals surface area contributed by atoms with Gasteiger partial charge >= 0.3 is 13.1 Å². The lowest BCUT2D eigenvalue weighted by molar-refractivity contribution is 0.0689. The molecule has 0 atom stereocenters. The summed E-state index contributed by atoms with van der Waals surface area (Å²) in [6.07, 6.45) is 0. The predicted molar refractivity (Wildman–Crippen MR) is 71.6 cm³/mol. The van der Waals surface area contributed by atoms with Gasteiger partial charge in [-0.2, -0.15) is 5.10 Å². The van der Waals surface area contributed by atoms with E-state index in [0.717, 1.165) is 0 Å². The van der Waals surface area contributed by atoms with Crippen molar-refractivity contribution in [1.29, 1.82) is 0 Å². The molecule has 8 nitrogen and oxygen atoms in total. The number of rotatable bonds is 3. The number of nitrogens with zero attached hydrogens (tertiary/aromatic N) is 2. The highest BCUT2D eigenvalue weighted by Gasteiger charge is 2.30. The summed E-state index contributed by atoms with van der Waals surface area (Å²) >= 11 is 0. The van der Waals surface area contributed by atoms with E-state index in [4.69, 9.17) is 14.6 Å². The van der Waals surface area contributed by atoms with E-state index in [0.29, 0.717) is 17.0 Å². The monoisotopic (exact) mass is 290 g/mol. The van der Waals surface area contributed by atoms with Gasteiger partial charge in [0.1, 0.15) is 0 Å². The zero-order chi connectivity index (χ0) is 15.1. The van der Waals surface area contributed by atoms with E-state index in [1.54, 1.807) is 19.2 Å². The Morgan fingerprint density at radius 1 is 1.38 bits per heavy atom. The van der Waals surface area contributed by atoms with Crippen LogP contribution in [0, 0.1) is 0 Å². The molecule has 1 aromatic heterocycles. The molecule has 0 radical (unpaired) electrons. The van der Waals surface area contributed by atoms with Crippen LogP contribution >= 0.6 is 0 Å². The Hall–Kier alpha value is -2.52. The molecule has 1 aromatic carbocycles. The van der Waals surface area contributed by atoms with Crippen LogP contribution in [0.2, 0.25) is 0 Å². The lowest BCUT2D eigenvalue weighted by atomic mass is 9.75. The van der Waals surface area contributed by atoms with Crippen molar-refractivity contribution in [3.8, 4) is 22.8 Å². The van der Waals surface area contributed by atoms with Gasteiger partial charge in [0.15, 0.2) is 17.2 Å². The van der Waals surface area contributed by atoms with Crippen molar-refractivity contribution in [2.45, 2.75) is 0 Å². The minimum Gasteiger partial charge on any atom is -0.476 e. The van der Waals surface area contributed by atoms with E-state index in [1.165, 1.54) is 10.7 Å². The highest BCUT2D eigenvalue weighted by molar-refractivity contribution is 6.61. The second-order valence-corrected chi connectivity index (χ2v) is 4.48. The molecule has 3 N–H and O–H groups in total. The molecule has 21 heavy (non-hydrogen) atoms. The van der Waals surface area contributed by atoms with E-state index < -0.39 is 13.1 Å². The average Bonchev–Trinajstić information content (AvgIpc) is 3.03. The number of benzene rings is 1. The predicted octanol–water partition coefficient (Wildman–Crippen LogP) is -0.806. The van der Waals surface area contributed by atoms with Crippen LogP contribution in [0.3, 0.4) is 0 Å². The molecule has 1 aliphatic heterocycles. The van der Waals surface area contributed by atoms with Gasteiger partial charge in [0.2, 0.25) is 6.79 Å². The van der Waals surface area contributed by atoms with E-state index in [9.17, 15) is 14.8 Å². The number of ether oxygens (including phenoxy) is 2. The molecule has 1 aliphatic rings. The molecule has 2 heterocycles. The minimum atomic E-state index is -1.79. The minimum absolute atomic E-state index is 0.00965. The van der Waals surface area contributed by atoms with Crippen molar-refractivity contribution in [3.63, 3.8) is 0 Å².